The summed E-state index contributed by atoms with van der Waals surface area (Å²) < 4.78 is 9.73. The maximum absolute atomic E-state index is 11.1. The van der Waals surface area contributed by atoms with Crippen LogP contribution in [0.1, 0.15) is 16.3 Å². The molecule has 1 aromatic heterocycles. The third-order valence-electron chi connectivity index (χ3n) is 1.80. The lowest BCUT2D eigenvalue weighted by Crippen LogP contribution is -2.19. The molecule has 0 aliphatic rings. The highest BCUT2D eigenvalue weighted by molar-refractivity contribution is 7.99. The fourth-order valence-electron chi connectivity index (χ4n) is 0.982. The van der Waals surface area contributed by atoms with E-state index in [2.05, 4.69) is 10.1 Å². The second-order valence-corrected chi connectivity index (χ2v) is 3.91. The summed E-state index contributed by atoms with van der Waals surface area (Å²) in [4.78, 5) is 22.0. The van der Waals surface area contributed by atoms with E-state index in [9.17, 15) is 9.59 Å². The van der Waals surface area contributed by atoms with Crippen LogP contribution >= 0.6 is 11.8 Å². The summed E-state index contributed by atoms with van der Waals surface area (Å²) in [5, 5.41) is 2.52. The number of hydrogen-bond donors (Lipinski definition) is 1. The summed E-state index contributed by atoms with van der Waals surface area (Å²) in [7, 11) is 2.88. The molecule has 0 aliphatic carbocycles. The normalized spacial score (nSPS) is 9.88. The van der Waals surface area contributed by atoms with E-state index >= 15 is 0 Å². The Morgan fingerprint density at radius 1 is 1.50 bits per heavy atom. The quantitative estimate of drug-likeness (QED) is 0.783. The molecule has 1 aromatic rings. The van der Waals surface area contributed by atoms with Crippen molar-refractivity contribution < 1.29 is 18.7 Å². The van der Waals surface area contributed by atoms with Crippen LogP contribution in [-0.2, 0) is 15.3 Å². The number of carbonyl (C=O) groups excluding carboxylic acids is 2. The van der Waals surface area contributed by atoms with Gasteiger partial charge in [0, 0.05) is 7.05 Å². The van der Waals surface area contributed by atoms with Gasteiger partial charge in [0.2, 0.25) is 11.7 Å². The Labute approximate surface area is 97.5 Å². The molecule has 1 amide bonds. The van der Waals surface area contributed by atoms with Gasteiger partial charge in [0.15, 0.2) is 0 Å². The van der Waals surface area contributed by atoms with Crippen molar-refractivity contribution in [2.45, 2.75) is 5.75 Å². The van der Waals surface area contributed by atoms with Gasteiger partial charge in [0.05, 0.1) is 18.6 Å². The minimum absolute atomic E-state index is 0.0373. The molecule has 6 heteroatoms. The van der Waals surface area contributed by atoms with Crippen LogP contribution < -0.4 is 5.32 Å². The second-order valence-electron chi connectivity index (χ2n) is 2.92. The summed E-state index contributed by atoms with van der Waals surface area (Å²) in [6.07, 6.45) is 0. The first kappa shape index (κ1) is 12.6. The monoisotopic (exact) mass is 243 g/mol. The van der Waals surface area contributed by atoms with Crippen LogP contribution in [0.3, 0.4) is 0 Å². The minimum Gasteiger partial charge on any atom is -0.463 e. The van der Waals surface area contributed by atoms with Crippen molar-refractivity contribution in [1.29, 1.82) is 0 Å². The van der Waals surface area contributed by atoms with Gasteiger partial charge in [-0.2, -0.15) is 0 Å². The first-order valence-corrected chi connectivity index (χ1v) is 5.78. The number of furan rings is 1. The van der Waals surface area contributed by atoms with Crippen LogP contribution in [0.5, 0.6) is 0 Å². The first-order chi connectivity index (χ1) is 7.67. The van der Waals surface area contributed by atoms with Crippen LogP contribution in [0.4, 0.5) is 0 Å². The predicted octanol–water partition coefficient (Wildman–Crippen LogP) is 1.05. The molecule has 1 heterocycles. The minimum atomic E-state index is -0.498. The summed E-state index contributed by atoms with van der Waals surface area (Å²) >= 11 is 1.41. The lowest BCUT2D eigenvalue weighted by molar-refractivity contribution is -0.118. The van der Waals surface area contributed by atoms with Crippen molar-refractivity contribution in [2.24, 2.45) is 0 Å². The summed E-state index contributed by atoms with van der Waals surface area (Å²) in [5.41, 5.74) is 0. The Morgan fingerprint density at radius 3 is 2.88 bits per heavy atom. The van der Waals surface area contributed by atoms with Crippen LogP contribution in [0.15, 0.2) is 16.5 Å². The summed E-state index contributed by atoms with van der Waals surface area (Å²) in [5.74, 6) is 1.20. The molecular weight excluding hydrogens is 230 g/mol. The lowest BCUT2D eigenvalue weighted by Gasteiger charge is -1.98. The highest BCUT2D eigenvalue weighted by Crippen LogP contribution is 2.15. The maximum atomic E-state index is 11.1. The Balaban J connectivity index is 2.41. The fraction of sp³-hybridized carbons (Fsp3) is 0.400. The van der Waals surface area contributed by atoms with Crippen LogP contribution in [-0.4, -0.2) is 31.8 Å². The van der Waals surface area contributed by atoms with Gasteiger partial charge in [0.1, 0.15) is 5.76 Å². The van der Waals surface area contributed by atoms with E-state index in [4.69, 9.17) is 4.42 Å². The first-order valence-electron chi connectivity index (χ1n) is 4.62. The van der Waals surface area contributed by atoms with E-state index in [-0.39, 0.29) is 11.7 Å². The third kappa shape index (κ3) is 3.62. The van der Waals surface area contributed by atoms with Crippen molar-refractivity contribution in [1.82, 2.24) is 5.32 Å². The Bertz CT molecular complexity index is 375. The van der Waals surface area contributed by atoms with Crippen molar-refractivity contribution in [3.05, 3.63) is 23.7 Å². The number of hydrogen-bond acceptors (Lipinski definition) is 5. The van der Waals surface area contributed by atoms with Gasteiger partial charge in [-0.3, -0.25) is 4.79 Å². The Hall–Kier alpha value is -1.43. The van der Waals surface area contributed by atoms with Crippen molar-refractivity contribution in [3.63, 3.8) is 0 Å². The molecule has 1 rings (SSSR count). The molecule has 0 radical (unpaired) electrons. The van der Waals surface area contributed by atoms with Gasteiger partial charge in [-0.25, -0.2) is 4.79 Å². The molecule has 0 saturated carbocycles. The molecule has 1 N–H and O–H groups in total. The van der Waals surface area contributed by atoms with Crippen LogP contribution in [0.2, 0.25) is 0 Å². The zero-order chi connectivity index (χ0) is 12.0. The van der Waals surface area contributed by atoms with Crippen molar-refractivity contribution >= 4 is 23.6 Å². The number of thioether (sulfide) groups is 1. The van der Waals surface area contributed by atoms with Crippen LogP contribution in [0.25, 0.3) is 0 Å². The van der Waals surface area contributed by atoms with Gasteiger partial charge in [-0.05, 0) is 12.1 Å². The Kier molecular flexibility index (Phi) is 4.91. The van der Waals surface area contributed by atoms with Gasteiger partial charge >= 0.3 is 5.97 Å². The summed E-state index contributed by atoms with van der Waals surface area (Å²) in [6.45, 7) is 0. The number of esters is 1. The number of ether oxygens (including phenoxy) is 1. The molecule has 16 heavy (non-hydrogen) atoms. The average molecular weight is 243 g/mol. The molecule has 0 unspecified atom stereocenters. The smallest absolute Gasteiger partial charge is 0.373 e. The van der Waals surface area contributed by atoms with Crippen molar-refractivity contribution in [2.75, 3.05) is 19.9 Å². The maximum Gasteiger partial charge on any atom is 0.373 e. The highest BCUT2D eigenvalue weighted by atomic mass is 32.2. The Morgan fingerprint density at radius 2 is 2.25 bits per heavy atom. The number of methoxy groups -OCH3 is 1. The van der Waals surface area contributed by atoms with Gasteiger partial charge < -0.3 is 14.5 Å². The number of rotatable bonds is 5. The largest absolute Gasteiger partial charge is 0.463 e. The van der Waals surface area contributed by atoms with E-state index in [0.29, 0.717) is 17.3 Å². The van der Waals surface area contributed by atoms with Gasteiger partial charge in [0.25, 0.3) is 0 Å². The predicted molar refractivity (Wildman–Crippen MR) is 60.3 cm³/mol. The molecular formula is C10H13NO4S. The number of amides is 1. The van der Waals surface area contributed by atoms with E-state index in [1.807, 2.05) is 0 Å². The zero-order valence-corrected chi connectivity index (χ0v) is 9.93. The number of carbonyl (C=O) groups is 2. The second kappa shape index (κ2) is 6.22. The molecule has 0 saturated heterocycles. The highest BCUT2D eigenvalue weighted by Gasteiger charge is 2.11. The SMILES string of the molecule is CNC(=O)CSCc1ccc(C(=O)OC)o1. The fourth-order valence-corrected chi connectivity index (χ4v) is 1.77. The van der Waals surface area contributed by atoms with E-state index in [1.54, 1.807) is 19.2 Å². The molecule has 5 nitrogen and oxygen atoms in total. The molecule has 0 fully saturated rings. The zero-order valence-electron chi connectivity index (χ0n) is 9.11. The van der Waals surface area contributed by atoms with Crippen LogP contribution in [0, 0.1) is 0 Å². The van der Waals surface area contributed by atoms with E-state index in [1.165, 1.54) is 18.9 Å². The number of nitrogens with one attached hydrogen (secondary N) is 1. The molecule has 0 spiro atoms. The standard InChI is InChI=1S/C10H13NO4S/c1-11-9(12)6-16-5-7-3-4-8(15-7)10(13)14-2/h3-4H,5-6H2,1-2H3,(H,11,12). The summed E-state index contributed by atoms with van der Waals surface area (Å²) in [6, 6.07) is 3.25. The topological polar surface area (TPSA) is 68.5 Å². The van der Waals surface area contributed by atoms with E-state index < -0.39 is 5.97 Å². The molecule has 0 atom stereocenters. The molecule has 0 aliphatic heterocycles. The van der Waals surface area contributed by atoms with E-state index in [0.717, 1.165) is 0 Å². The molecule has 88 valence electrons. The van der Waals surface area contributed by atoms with Gasteiger partial charge in [-0.15, -0.1) is 11.8 Å². The average Bonchev–Trinajstić information content (AvgIpc) is 2.76. The molecule has 0 aromatic carbocycles. The molecule has 0 bridgehead atoms. The third-order valence-corrected chi connectivity index (χ3v) is 2.76. The van der Waals surface area contributed by atoms with Crippen molar-refractivity contribution in [3.8, 4) is 0 Å². The lowest BCUT2D eigenvalue weighted by atomic mass is 10.4. The van der Waals surface area contributed by atoms with Gasteiger partial charge in [-0.1, -0.05) is 0 Å².